The lowest BCUT2D eigenvalue weighted by molar-refractivity contribution is -0.122. The van der Waals surface area contributed by atoms with E-state index >= 15 is 0 Å². The Labute approximate surface area is 154 Å². The van der Waals surface area contributed by atoms with E-state index in [0.29, 0.717) is 16.7 Å². The minimum absolute atomic E-state index is 0.0756. The maximum Gasteiger partial charge on any atom is 0.417 e. The predicted molar refractivity (Wildman–Crippen MR) is 93.2 cm³/mol. The molecular weight excluding hydrogens is 356 g/mol. The lowest BCUT2D eigenvalue weighted by atomic mass is 9.99. The van der Waals surface area contributed by atoms with Gasteiger partial charge in [0.1, 0.15) is 5.60 Å². The summed E-state index contributed by atoms with van der Waals surface area (Å²) < 4.78 is 31.6. The van der Waals surface area contributed by atoms with Gasteiger partial charge in [-0.2, -0.15) is 8.78 Å². The van der Waals surface area contributed by atoms with Crippen LogP contribution in [0.2, 0.25) is 0 Å². The first-order valence-electron chi connectivity index (χ1n) is 8.17. The Morgan fingerprint density at radius 2 is 1.59 bits per heavy atom. The molecule has 0 N–H and O–H groups in total. The van der Waals surface area contributed by atoms with Crippen LogP contribution in [0.1, 0.15) is 31.9 Å². The van der Waals surface area contributed by atoms with Crippen molar-refractivity contribution < 1.29 is 23.1 Å². The van der Waals surface area contributed by atoms with Crippen molar-refractivity contribution in [1.82, 2.24) is 14.9 Å². The number of rotatable bonds is 2. The summed E-state index contributed by atoms with van der Waals surface area (Å²) in [5.74, 6) is -1.96. The predicted octanol–water partition coefficient (Wildman–Crippen LogP) is 3.44. The van der Waals surface area contributed by atoms with E-state index < -0.39 is 29.5 Å². The second kappa shape index (κ2) is 6.86. The molecule has 140 valence electrons. The Kier molecular flexibility index (Phi) is 4.73. The van der Waals surface area contributed by atoms with E-state index in [2.05, 4.69) is 9.97 Å². The number of amides is 2. The Bertz CT molecular complexity index is 917. The fourth-order valence-corrected chi connectivity index (χ4v) is 2.65. The fourth-order valence-electron chi connectivity index (χ4n) is 2.65. The van der Waals surface area contributed by atoms with E-state index in [4.69, 9.17) is 4.74 Å². The summed E-state index contributed by atoms with van der Waals surface area (Å²) in [6.07, 6.45) is 1.68. The zero-order valence-corrected chi connectivity index (χ0v) is 15.0. The van der Waals surface area contributed by atoms with Gasteiger partial charge in [0.2, 0.25) is 11.9 Å². The number of hydrogen-bond acceptors (Lipinski definition) is 5. The second-order valence-electron chi connectivity index (χ2n) is 6.96. The molecule has 6 nitrogen and oxygen atoms in total. The van der Waals surface area contributed by atoms with Crippen molar-refractivity contribution in [3.63, 3.8) is 0 Å². The SMILES string of the molecule is CC(C)(C)OC(=O)N1CC(c2ccc(F)nc2)=C(c2ccc(F)nc2)C1=O. The average Bonchev–Trinajstić information content (AvgIpc) is 2.92. The highest BCUT2D eigenvalue weighted by Crippen LogP contribution is 2.34. The van der Waals surface area contributed by atoms with Gasteiger partial charge >= 0.3 is 6.09 Å². The van der Waals surface area contributed by atoms with Crippen LogP contribution in [0.15, 0.2) is 36.7 Å². The molecule has 0 unspecified atom stereocenters. The van der Waals surface area contributed by atoms with E-state index in [0.717, 1.165) is 17.0 Å². The first-order chi connectivity index (χ1) is 12.7. The second-order valence-corrected chi connectivity index (χ2v) is 6.96. The quantitative estimate of drug-likeness (QED) is 0.754. The molecule has 27 heavy (non-hydrogen) atoms. The molecule has 3 heterocycles. The highest BCUT2D eigenvalue weighted by molar-refractivity contribution is 6.33. The van der Waals surface area contributed by atoms with Gasteiger partial charge in [0, 0.05) is 18.0 Å². The van der Waals surface area contributed by atoms with Gasteiger partial charge in [0.05, 0.1) is 12.1 Å². The van der Waals surface area contributed by atoms with Crippen LogP contribution in [-0.2, 0) is 9.53 Å². The molecule has 0 fully saturated rings. The van der Waals surface area contributed by atoms with Crippen LogP contribution in [0.25, 0.3) is 11.1 Å². The van der Waals surface area contributed by atoms with Crippen molar-refractivity contribution in [2.75, 3.05) is 6.54 Å². The van der Waals surface area contributed by atoms with E-state index in [1.165, 1.54) is 24.5 Å². The van der Waals surface area contributed by atoms with Crippen molar-refractivity contribution in [3.8, 4) is 0 Å². The third-order valence-electron chi connectivity index (χ3n) is 3.78. The molecule has 0 aromatic carbocycles. The zero-order chi connectivity index (χ0) is 19.8. The lowest BCUT2D eigenvalue weighted by Crippen LogP contribution is -2.38. The van der Waals surface area contributed by atoms with Gasteiger partial charge in [-0.1, -0.05) is 0 Å². The number of pyridine rings is 2. The number of hydrogen-bond donors (Lipinski definition) is 0. The molecule has 1 aliphatic heterocycles. The Balaban J connectivity index is 2.05. The van der Waals surface area contributed by atoms with Gasteiger partial charge in [0.25, 0.3) is 5.91 Å². The molecule has 0 atom stereocenters. The van der Waals surface area contributed by atoms with Crippen molar-refractivity contribution in [2.24, 2.45) is 0 Å². The topological polar surface area (TPSA) is 72.4 Å². The summed E-state index contributed by atoms with van der Waals surface area (Å²) in [7, 11) is 0. The molecule has 2 aromatic heterocycles. The number of nitrogens with zero attached hydrogens (tertiary/aromatic N) is 3. The number of aromatic nitrogens is 2. The van der Waals surface area contributed by atoms with Crippen LogP contribution in [0.5, 0.6) is 0 Å². The number of carbonyl (C=O) groups excluding carboxylic acids is 2. The third-order valence-corrected chi connectivity index (χ3v) is 3.78. The molecule has 0 radical (unpaired) electrons. The van der Waals surface area contributed by atoms with Crippen molar-refractivity contribution in [2.45, 2.75) is 26.4 Å². The van der Waals surface area contributed by atoms with Crippen LogP contribution in [0.3, 0.4) is 0 Å². The third kappa shape index (κ3) is 3.99. The minimum atomic E-state index is -0.801. The van der Waals surface area contributed by atoms with Crippen molar-refractivity contribution >= 4 is 23.1 Å². The first kappa shape index (κ1) is 18.6. The van der Waals surface area contributed by atoms with Gasteiger partial charge in [-0.3, -0.25) is 4.79 Å². The van der Waals surface area contributed by atoms with Gasteiger partial charge in [-0.05, 0) is 56.2 Å². The van der Waals surface area contributed by atoms with E-state index in [9.17, 15) is 18.4 Å². The summed E-state index contributed by atoms with van der Waals surface area (Å²) in [5.41, 5.74) is 0.644. The molecule has 0 aliphatic carbocycles. The maximum absolute atomic E-state index is 13.2. The normalized spacial score (nSPS) is 14.7. The summed E-state index contributed by atoms with van der Waals surface area (Å²) in [6.45, 7) is 4.99. The monoisotopic (exact) mass is 373 g/mol. The standard InChI is InChI=1S/C19H17F2N3O3/c1-19(2,3)27-18(26)24-10-13(11-4-6-14(20)22-8-11)16(17(24)25)12-5-7-15(21)23-9-12/h4-9H,10H2,1-3H3. The highest BCUT2D eigenvalue weighted by Gasteiger charge is 2.38. The van der Waals surface area contributed by atoms with Crippen LogP contribution in [-0.4, -0.2) is 39.0 Å². The average molecular weight is 373 g/mol. The molecule has 3 rings (SSSR count). The van der Waals surface area contributed by atoms with Gasteiger partial charge in [-0.15, -0.1) is 0 Å². The fraction of sp³-hybridized carbons (Fsp3) is 0.263. The number of carbonyl (C=O) groups is 2. The molecule has 2 amide bonds. The lowest BCUT2D eigenvalue weighted by Gasteiger charge is -2.23. The number of halogens is 2. The molecule has 0 saturated heterocycles. The van der Waals surface area contributed by atoms with E-state index in [-0.39, 0.29) is 12.1 Å². The van der Waals surface area contributed by atoms with Gasteiger partial charge in [0.15, 0.2) is 0 Å². The number of imide groups is 1. The van der Waals surface area contributed by atoms with Crippen LogP contribution < -0.4 is 0 Å². The van der Waals surface area contributed by atoms with Gasteiger partial charge in [-0.25, -0.2) is 19.7 Å². The maximum atomic E-state index is 13.2. The molecule has 0 bridgehead atoms. The number of ether oxygens (including phenoxy) is 1. The smallest absolute Gasteiger partial charge is 0.417 e. The Hall–Kier alpha value is -3.16. The molecule has 2 aromatic rings. The molecular formula is C19H17F2N3O3. The van der Waals surface area contributed by atoms with E-state index in [1.54, 1.807) is 20.8 Å². The van der Waals surface area contributed by atoms with Gasteiger partial charge < -0.3 is 4.74 Å². The molecule has 0 spiro atoms. The Morgan fingerprint density at radius 3 is 2.07 bits per heavy atom. The summed E-state index contributed by atoms with van der Waals surface area (Å²) in [4.78, 5) is 33.5. The highest BCUT2D eigenvalue weighted by atomic mass is 19.1. The van der Waals surface area contributed by atoms with Crippen molar-refractivity contribution in [1.29, 1.82) is 0 Å². The summed E-state index contributed by atoms with van der Waals surface area (Å²) >= 11 is 0. The molecule has 8 heteroatoms. The van der Waals surface area contributed by atoms with Crippen LogP contribution in [0, 0.1) is 11.9 Å². The minimum Gasteiger partial charge on any atom is -0.443 e. The summed E-state index contributed by atoms with van der Waals surface area (Å²) in [6, 6.07) is 5.13. The zero-order valence-electron chi connectivity index (χ0n) is 15.0. The molecule has 0 saturated carbocycles. The van der Waals surface area contributed by atoms with Crippen LogP contribution >= 0.6 is 0 Å². The Morgan fingerprint density at radius 1 is 1.04 bits per heavy atom. The van der Waals surface area contributed by atoms with E-state index in [1.807, 2.05) is 0 Å². The van der Waals surface area contributed by atoms with Crippen LogP contribution in [0.4, 0.5) is 13.6 Å². The van der Waals surface area contributed by atoms with Crippen molar-refractivity contribution in [3.05, 3.63) is 59.7 Å². The first-order valence-corrected chi connectivity index (χ1v) is 8.17. The largest absolute Gasteiger partial charge is 0.443 e. The summed E-state index contributed by atoms with van der Waals surface area (Å²) in [5, 5.41) is 0. The molecule has 1 aliphatic rings.